The van der Waals surface area contributed by atoms with Gasteiger partial charge in [0.05, 0.1) is 0 Å². The van der Waals surface area contributed by atoms with Crippen LogP contribution in [-0.2, 0) is 6.54 Å². The van der Waals surface area contributed by atoms with E-state index in [9.17, 15) is 4.79 Å². The van der Waals surface area contributed by atoms with Gasteiger partial charge in [-0.2, -0.15) is 5.10 Å². The van der Waals surface area contributed by atoms with Crippen LogP contribution in [0.3, 0.4) is 0 Å². The van der Waals surface area contributed by atoms with Crippen molar-refractivity contribution in [3.8, 4) is 0 Å². The molecule has 0 spiro atoms. The Kier molecular flexibility index (Phi) is 3.22. The van der Waals surface area contributed by atoms with Crippen LogP contribution in [0.25, 0.3) is 0 Å². The molecular weight excluding hydrogens is 254 g/mol. The Morgan fingerprint density at radius 2 is 2.30 bits per heavy atom. The van der Waals surface area contributed by atoms with Gasteiger partial charge in [0.25, 0.3) is 5.91 Å². The average molecular weight is 271 g/mol. The van der Waals surface area contributed by atoms with E-state index in [0.717, 1.165) is 12.2 Å². The van der Waals surface area contributed by atoms with Gasteiger partial charge < -0.3 is 5.32 Å². The molecule has 6 nitrogen and oxygen atoms in total. The van der Waals surface area contributed by atoms with Crippen LogP contribution >= 0.6 is 0 Å². The lowest BCUT2D eigenvalue weighted by Crippen LogP contribution is -2.16. The molecule has 3 rings (SSSR count). The molecular formula is C14H17N5O. The van der Waals surface area contributed by atoms with Gasteiger partial charge in [-0.15, -0.1) is 0 Å². The van der Waals surface area contributed by atoms with E-state index in [1.54, 1.807) is 12.3 Å². The molecule has 1 fully saturated rings. The highest BCUT2D eigenvalue weighted by atomic mass is 16.2. The molecule has 1 N–H and O–H groups in total. The summed E-state index contributed by atoms with van der Waals surface area (Å²) < 4.78 is 1.95. The fourth-order valence-electron chi connectivity index (χ4n) is 2.18. The van der Waals surface area contributed by atoms with E-state index in [4.69, 9.17) is 0 Å². The molecule has 0 atom stereocenters. The van der Waals surface area contributed by atoms with E-state index in [1.807, 2.05) is 24.6 Å². The maximum atomic E-state index is 12.1. The monoisotopic (exact) mass is 271 g/mol. The first kappa shape index (κ1) is 12.8. The van der Waals surface area contributed by atoms with Crippen LogP contribution in [-0.4, -0.2) is 25.7 Å². The summed E-state index contributed by atoms with van der Waals surface area (Å²) in [7, 11) is 0. The molecule has 1 saturated carbocycles. The van der Waals surface area contributed by atoms with Gasteiger partial charge in [0.2, 0.25) is 5.82 Å². The molecule has 0 unspecified atom stereocenters. The Labute approximate surface area is 117 Å². The molecule has 104 valence electrons. The zero-order valence-electron chi connectivity index (χ0n) is 11.6. The Morgan fingerprint density at radius 3 is 2.95 bits per heavy atom. The summed E-state index contributed by atoms with van der Waals surface area (Å²) in [6, 6.07) is 3.71. The Morgan fingerprint density at radius 1 is 1.50 bits per heavy atom. The lowest BCUT2D eigenvalue weighted by molar-refractivity contribution is 0.101. The van der Waals surface area contributed by atoms with Crippen molar-refractivity contribution in [2.75, 3.05) is 5.32 Å². The van der Waals surface area contributed by atoms with Crippen molar-refractivity contribution >= 4 is 11.7 Å². The number of aromatic nitrogens is 4. The lowest BCUT2D eigenvalue weighted by atomic mass is 10.3. The quantitative estimate of drug-likeness (QED) is 0.924. The van der Waals surface area contributed by atoms with Gasteiger partial charge in [-0.3, -0.25) is 9.48 Å². The van der Waals surface area contributed by atoms with Gasteiger partial charge in [-0.1, -0.05) is 0 Å². The molecule has 0 saturated heterocycles. The third-order valence-electron chi connectivity index (χ3n) is 3.35. The minimum absolute atomic E-state index is 0.170. The molecule has 0 radical (unpaired) electrons. The van der Waals surface area contributed by atoms with E-state index in [2.05, 4.69) is 20.4 Å². The Hall–Kier alpha value is -2.24. The van der Waals surface area contributed by atoms with Crippen LogP contribution < -0.4 is 5.32 Å². The second kappa shape index (κ2) is 5.03. The van der Waals surface area contributed by atoms with Crippen molar-refractivity contribution < 1.29 is 4.79 Å². The van der Waals surface area contributed by atoms with E-state index in [0.29, 0.717) is 11.7 Å². The van der Waals surface area contributed by atoms with Gasteiger partial charge in [0.1, 0.15) is 0 Å². The highest BCUT2D eigenvalue weighted by molar-refractivity contribution is 6.00. The number of carbonyl (C=O) groups excluding carboxylic acids is 1. The first-order valence-electron chi connectivity index (χ1n) is 6.86. The van der Waals surface area contributed by atoms with Crippen LogP contribution in [0, 0.1) is 6.92 Å². The fourth-order valence-corrected chi connectivity index (χ4v) is 2.18. The zero-order valence-corrected chi connectivity index (χ0v) is 11.6. The molecule has 0 aliphatic heterocycles. The first-order chi connectivity index (χ1) is 9.67. The van der Waals surface area contributed by atoms with E-state index < -0.39 is 0 Å². The van der Waals surface area contributed by atoms with Crippen LogP contribution in [0.1, 0.15) is 47.7 Å². The van der Waals surface area contributed by atoms with Crippen molar-refractivity contribution in [3.63, 3.8) is 0 Å². The molecule has 0 bridgehead atoms. The van der Waals surface area contributed by atoms with Gasteiger partial charge in [-0.05, 0) is 32.8 Å². The van der Waals surface area contributed by atoms with Gasteiger partial charge in [0.15, 0.2) is 5.82 Å². The maximum Gasteiger partial charge on any atom is 0.294 e. The number of rotatable bonds is 4. The van der Waals surface area contributed by atoms with Crippen LogP contribution in [0.4, 0.5) is 5.82 Å². The molecule has 0 aromatic carbocycles. The second-order valence-corrected chi connectivity index (χ2v) is 5.02. The highest BCUT2D eigenvalue weighted by Gasteiger charge is 2.28. The fraction of sp³-hybridized carbons (Fsp3) is 0.429. The van der Waals surface area contributed by atoms with Crippen LogP contribution in [0.5, 0.6) is 0 Å². The van der Waals surface area contributed by atoms with Gasteiger partial charge in [0, 0.05) is 36.1 Å². The Balaban J connectivity index is 1.79. The number of carbonyl (C=O) groups is 1. The summed E-state index contributed by atoms with van der Waals surface area (Å²) in [5.41, 5.74) is 1.97. The zero-order chi connectivity index (χ0) is 14.1. The molecule has 20 heavy (non-hydrogen) atoms. The molecule has 6 heteroatoms. The number of amides is 1. The largest absolute Gasteiger partial charge is 0.302 e. The van der Waals surface area contributed by atoms with Crippen molar-refractivity contribution in [2.24, 2.45) is 0 Å². The summed E-state index contributed by atoms with van der Waals surface area (Å²) in [6.07, 6.45) is 4.00. The number of nitrogens with one attached hydrogen (secondary N) is 1. The summed E-state index contributed by atoms with van der Waals surface area (Å²) >= 11 is 0. The summed E-state index contributed by atoms with van der Waals surface area (Å²) in [6.45, 7) is 4.69. The number of hydrogen-bond donors (Lipinski definition) is 1. The molecule has 1 amide bonds. The molecule has 2 heterocycles. The van der Waals surface area contributed by atoms with Crippen LogP contribution in [0.2, 0.25) is 0 Å². The number of aryl methyl sites for hydroxylation is 2. The van der Waals surface area contributed by atoms with Crippen molar-refractivity contribution in [2.45, 2.75) is 39.2 Å². The van der Waals surface area contributed by atoms with Gasteiger partial charge in [-0.25, -0.2) is 9.97 Å². The summed E-state index contributed by atoms with van der Waals surface area (Å²) in [5.74, 6) is 1.02. The van der Waals surface area contributed by atoms with E-state index >= 15 is 0 Å². The predicted molar refractivity (Wildman–Crippen MR) is 74.6 cm³/mol. The molecule has 2 aromatic rings. The predicted octanol–water partition coefficient (Wildman–Crippen LogP) is 2.13. The van der Waals surface area contributed by atoms with Crippen molar-refractivity contribution in [1.82, 2.24) is 19.7 Å². The minimum atomic E-state index is -0.322. The van der Waals surface area contributed by atoms with Gasteiger partial charge >= 0.3 is 0 Å². The van der Waals surface area contributed by atoms with Crippen molar-refractivity contribution in [1.29, 1.82) is 0 Å². The smallest absolute Gasteiger partial charge is 0.294 e. The number of anilines is 1. The lowest BCUT2D eigenvalue weighted by Gasteiger charge is -2.01. The SMILES string of the molecule is CCn1nc(NC(=O)c2nccc(C)n2)cc1C1CC1. The third-order valence-corrected chi connectivity index (χ3v) is 3.35. The number of hydrogen-bond acceptors (Lipinski definition) is 4. The topological polar surface area (TPSA) is 72.7 Å². The normalized spacial score (nSPS) is 14.3. The first-order valence-corrected chi connectivity index (χ1v) is 6.86. The highest BCUT2D eigenvalue weighted by Crippen LogP contribution is 2.40. The minimum Gasteiger partial charge on any atom is -0.302 e. The molecule has 1 aliphatic rings. The average Bonchev–Trinajstić information content (AvgIpc) is 3.20. The standard InChI is InChI=1S/C14H17N5O/c1-3-19-11(10-4-5-10)8-12(18-19)17-14(20)13-15-7-6-9(2)16-13/h6-8,10H,3-5H2,1-2H3,(H,17,18,20). The second-order valence-electron chi connectivity index (χ2n) is 5.02. The van der Waals surface area contributed by atoms with E-state index in [-0.39, 0.29) is 11.7 Å². The maximum absolute atomic E-state index is 12.1. The Bertz CT molecular complexity index is 645. The van der Waals surface area contributed by atoms with E-state index in [1.165, 1.54) is 18.5 Å². The molecule has 2 aromatic heterocycles. The molecule has 1 aliphatic carbocycles. The third kappa shape index (κ3) is 2.54. The number of nitrogens with zero attached hydrogens (tertiary/aromatic N) is 4. The summed E-state index contributed by atoms with van der Waals surface area (Å²) in [4.78, 5) is 20.2. The van der Waals surface area contributed by atoms with Crippen LogP contribution in [0.15, 0.2) is 18.3 Å². The van der Waals surface area contributed by atoms with Crippen molar-refractivity contribution in [3.05, 3.63) is 35.5 Å². The summed E-state index contributed by atoms with van der Waals surface area (Å²) in [5, 5.41) is 7.17.